The molecular formula is C17H25N3O. The predicted molar refractivity (Wildman–Crippen MR) is 87.5 cm³/mol. The molecule has 0 saturated heterocycles. The second kappa shape index (κ2) is 5.51. The average molecular weight is 287 g/mol. The van der Waals surface area contributed by atoms with Crippen molar-refractivity contribution in [1.29, 1.82) is 0 Å². The lowest BCUT2D eigenvalue weighted by molar-refractivity contribution is -0.130. The molecule has 4 heteroatoms. The van der Waals surface area contributed by atoms with Crippen LogP contribution in [0, 0.1) is 5.41 Å². The summed E-state index contributed by atoms with van der Waals surface area (Å²) in [6.45, 7) is 8.00. The average Bonchev–Trinajstić information content (AvgIpc) is 2.83. The number of hydrogen-bond acceptors (Lipinski definition) is 3. The highest BCUT2D eigenvalue weighted by Gasteiger charge is 2.35. The van der Waals surface area contributed by atoms with E-state index in [1.807, 2.05) is 14.1 Å². The third kappa shape index (κ3) is 3.26. The quantitative estimate of drug-likeness (QED) is 0.835. The maximum Gasteiger partial charge on any atom is 0.240 e. The summed E-state index contributed by atoms with van der Waals surface area (Å²) in [4.78, 5) is 14.0. The molecule has 1 aromatic rings. The maximum atomic E-state index is 11.9. The van der Waals surface area contributed by atoms with Crippen LogP contribution in [0.15, 0.2) is 29.4 Å². The zero-order valence-corrected chi connectivity index (χ0v) is 13.8. The lowest BCUT2D eigenvalue weighted by atomic mass is 9.86. The summed E-state index contributed by atoms with van der Waals surface area (Å²) in [6.07, 6.45) is 0.810. The molecule has 0 aliphatic carbocycles. The van der Waals surface area contributed by atoms with E-state index in [1.165, 1.54) is 0 Å². The molecule has 4 nitrogen and oxygen atoms in total. The summed E-state index contributed by atoms with van der Waals surface area (Å²) in [7, 11) is 4.04. The summed E-state index contributed by atoms with van der Waals surface area (Å²) < 4.78 is 0. The van der Waals surface area contributed by atoms with E-state index in [1.54, 1.807) is 11.9 Å². The molecule has 0 bridgehead atoms. The summed E-state index contributed by atoms with van der Waals surface area (Å²) in [6, 6.07) is 8.38. The Bertz CT molecular complexity index is 552. The Labute approximate surface area is 127 Å². The first-order valence-electron chi connectivity index (χ1n) is 7.35. The Morgan fingerprint density at radius 3 is 2.24 bits per heavy atom. The van der Waals surface area contributed by atoms with E-state index in [9.17, 15) is 4.79 Å². The van der Waals surface area contributed by atoms with Gasteiger partial charge in [0.2, 0.25) is 5.91 Å². The normalized spacial score (nSPS) is 18.7. The number of amides is 1. The van der Waals surface area contributed by atoms with Gasteiger partial charge in [-0.2, -0.15) is 5.10 Å². The fourth-order valence-corrected chi connectivity index (χ4v) is 2.51. The Balaban J connectivity index is 2.29. The SMILES string of the molecule is CC(=O)N1N=C(C(C)(C)C)CC1c1ccc(N(C)C)cc1. The Kier molecular flexibility index (Phi) is 4.08. The molecule has 1 aliphatic rings. The van der Waals surface area contributed by atoms with Crippen LogP contribution in [0.2, 0.25) is 0 Å². The molecule has 0 saturated carbocycles. The topological polar surface area (TPSA) is 35.9 Å². The highest BCUT2D eigenvalue weighted by molar-refractivity contribution is 5.93. The molecule has 0 aromatic heterocycles. The number of hydrazone groups is 1. The first kappa shape index (κ1) is 15.5. The molecule has 0 radical (unpaired) electrons. The maximum absolute atomic E-state index is 11.9. The van der Waals surface area contributed by atoms with E-state index >= 15 is 0 Å². The van der Waals surface area contributed by atoms with Crippen LogP contribution in [0.1, 0.15) is 45.7 Å². The first-order chi connectivity index (χ1) is 9.70. The zero-order chi connectivity index (χ0) is 15.8. The van der Waals surface area contributed by atoms with Crippen molar-refractivity contribution in [1.82, 2.24) is 5.01 Å². The number of benzene rings is 1. The van der Waals surface area contributed by atoms with Crippen LogP contribution in [0.5, 0.6) is 0 Å². The van der Waals surface area contributed by atoms with Crippen LogP contribution in [-0.4, -0.2) is 30.7 Å². The van der Waals surface area contributed by atoms with Gasteiger partial charge in [-0.25, -0.2) is 5.01 Å². The van der Waals surface area contributed by atoms with Crippen LogP contribution in [0.3, 0.4) is 0 Å². The van der Waals surface area contributed by atoms with Crippen molar-refractivity contribution in [3.8, 4) is 0 Å². The van der Waals surface area contributed by atoms with Crippen molar-refractivity contribution >= 4 is 17.3 Å². The molecule has 1 amide bonds. The van der Waals surface area contributed by atoms with E-state index in [2.05, 4.69) is 55.0 Å². The van der Waals surface area contributed by atoms with Gasteiger partial charge in [0.05, 0.1) is 6.04 Å². The smallest absolute Gasteiger partial charge is 0.240 e. The van der Waals surface area contributed by atoms with Gasteiger partial charge in [0.25, 0.3) is 0 Å². The molecule has 21 heavy (non-hydrogen) atoms. The van der Waals surface area contributed by atoms with Crippen LogP contribution in [0.25, 0.3) is 0 Å². The van der Waals surface area contributed by atoms with Crippen molar-refractivity contribution in [2.45, 2.75) is 40.2 Å². The van der Waals surface area contributed by atoms with Gasteiger partial charge in [-0.1, -0.05) is 32.9 Å². The second-order valence-electron chi connectivity index (χ2n) is 6.87. The fraction of sp³-hybridized carbons (Fsp3) is 0.529. The third-order valence-corrected chi connectivity index (χ3v) is 3.89. The monoisotopic (exact) mass is 287 g/mol. The van der Waals surface area contributed by atoms with Crippen molar-refractivity contribution in [3.05, 3.63) is 29.8 Å². The third-order valence-electron chi connectivity index (χ3n) is 3.89. The molecule has 1 aliphatic heterocycles. The molecule has 0 N–H and O–H groups in total. The minimum absolute atomic E-state index is 0.00376. The number of anilines is 1. The molecule has 2 rings (SSSR count). The van der Waals surface area contributed by atoms with Crippen molar-refractivity contribution in [2.24, 2.45) is 10.5 Å². The lowest BCUT2D eigenvalue weighted by Gasteiger charge is -2.22. The van der Waals surface area contributed by atoms with Crippen LogP contribution in [-0.2, 0) is 4.79 Å². The van der Waals surface area contributed by atoms with Gasteiger partial charge in [0, 0.05) is 44.3 Å². The van der Waals surface area contributed by atoms with Crippen LogP contribution < -0.4 is 4.90 Å². The van der Waals surface area contributed by atoms with E-state index < -0.39 is 0 Å². The highest BCUT2D eigenvalue weighted by Crippen LogP contribution is 2.36. The van der Waals surface area contributed by atoms with E-state index in [-0.39, 0.29) is 17.4 Å². The molecular weight excluding hydrogens is 262 g/mol. The lowest BCUT2D eigenvalue weighted by Crippen LogP contribution is -2.24. The molecule has 1 unspecified atom stereocenters. The van der Waals surface area contributed by atoms with Gasteiger partial charge < -0.3 is 4.90 Å². The van der Waals surface area contributed by atoms with Gasteiger partial charge in [-0.05, 0) is 17.7 Å². The van der Waals surface area contributed by atoms with E-state index in [4.69, 9.17) is 0 Å². The number of nitrogens with zero attached hydrogens (tertiary/aromatic N) is 3. The number of hydrogen-bond donors (Lipinski definition) is 0. The minimum Gasteiger partial charge on any atom is -0.378 e. The first-order valence-corrected chi connectivity index (χ1v) is 7.35. The number of rotatable bonds is 2. The molecule has 0 fully saturated rings. The largest absolute Gasteiger partial charge is 0.378 e. The molecule has 1 heterocycles. The van der Waals surface area contributed by atoms with Gasteiger partial charge >= 0.3 is 0 Å². The molecule has 1 atom stereocenters. The minimum atomic E-state index is -0.00791. The van der Waals surface area contributed by atoms with Gasteiger partial charge in [-0.3, -0.25) is 4.79 Å². The molecule has 0 spiro atoms. The van der Waals surface area contributed by atoms with Gasteiger partial charge in [0.1, 0.15) is 0 Å². The Hall–Kier alpha value is -1.84. The number of carbonyl (C=O) groups excluding carboxylic acids is 1. The highest BCUT2D eigenvalue weighted by atomic mass is 16.2. The van der Waals surface area contributed by atoms with Crippen molar-refractivity contribution in [2.75, 3.05) is 19.0 Å². The number of carbonyl (C=O) groups is 1. The molecule has 1 aromatic carbocycles. The van der Waals surface area contributed by atoms with E-state index in [0.29, 0.717) is 0 Å². The molecule has 114 valence electrons. The summed E-state index contributed by atoms with van der Waals surface area (Å²) in [5.41, 5.74) is 3.37. The summed E-state index contributed by atoms with van der Waals surface area (Å²) >= 11 is 0. The van der Waals surface area contributed by atoms with Crippen LogP contribution in [0.4, 0.5) is 5.69 Å². The Morgan fingerprint density at radius 1 is 1.24 bits per heavy atom. The summed E-state index contributed by atoms with van der Waals surface area (Å²) in [5.74, 6) is -0.00376. The zero-order valence-electron chi connectivity index (χ0n) is 13.8. The Morgan fingerprint density at radius 2 is 1.81 bits per heavy atom. The fourth-order valence-electron chi connectivity index (χ4n) is 2.51. The summed E-state index contributed by atoms with van der Waals surface area (Å²) in [5, 5.41) is 6.19. The predicted octanol–water partition coefficient (Wildman–Crippen LogP) is 3.45. The van der Waals surface area contributed by atoms with Crippen molar-refractivity contribution in [3.63, 3.8) is 0 Å². The van der Waals surface area contributed by atoms with Crippen LogP contribution >= 0.6 is 0 Å². The van der Waals surface area contributed by atoms with Gasteiger partial charge in [0.15, 0.2) is 0 Å². The van der Waals surface area contributed by atoms with E-state index in [0.717, 1.165) is 23.4 Å². The standard InChI is InChI=1S/C17H25N3O/c1-12(21)20-15(11-16(18-20)17(2,3)4)13-7-9-14(10-8-13)19(5)6/h7-10,15H,11H2,1-6H3. The van der Waals surface area contributed by atoms with Gasteiger partial charge in [-0.15, -0.1) is 0 Å². The second-order valence-corrected chi connectivity index (χ2v) is 6.87. The van der Waals surface area contributed by atoms with Crippen molar-refractivity contribution < 1.29 is 4.79 Å².